The second kappa shape index (κ2) is 6.21. The van der Waals surface area contributed by atoms with Gasteiger partial charge in [0, 0.05) is 6.92 Å². The number of carbonyl (C=O) groups excluding carboxylic acids is 1. The van der Waals surface area contributed by atoms with Crippen molar-refractivity contribution in [3.8, 4) is 5.75 Å². The van der Waals surface area contributed by atoms with E-state index in [2.05, 4.69) is 5.16 Å². The molecule has 0 bridgehead atoms. The van der Waals surface area contributed by atoms with Crippen molar-refractivity contribution < 1.29 is 27.2 Å². The summed E-state index contributed by atoms with van der Waals surface area (Å²) in [5, 5.41) is 3.54. The predicted molar refractivity (Wildman–Crippen MR) is 71.3 cm³/mol. The third-order valence-electron chi connectivity index (χ3n) is 3.13. The van der Waals surface area contributed by atoms with Crippen LogP contribution >= 0.6 is 0 Å². The van der Waals surface area contributed by atoms with Gasteiger partial charge >= 0.3 is 12.1 Å². The SMILES string of the molecule is Cc1noc(C)c1OC(=O)[C@H](Cc1ccccc1)C(F)(F)F. The molecule has 118 valence electrons. The fourth-order valence-electron chi connectivity index (χ4n) is 1.97. The highest BCUT2D eigenvalue weighted by Crippen LogP contribution is 2.32. The average Bonchev–Trinajstić information content (AvgIpc) is 2.76. The summed E-state index contributed by atoms with van der Waals surface area (Å²) >= 11 is 0. The predicted octanol–water partition coefficient (Wildman–Crippen LogP) is 3.62. The first-order valence-corrected chi connectivity index (χ1v) is 6.54. The molecule has 1 aromatic carbocycles. The molecule has 1 aromatic heterocycles. The van der Waals surface area contributed by atoms with E-state index in [9.17, 15) is 18.0 Å². The number of benzene rings is 1. The van der Waals surface area contributed by atoms with E-state index in [0.29, 0.717) is 5.56 Å². The first kappa shape index (κ1) is 16.1. The lowest BCUT2D eigenvalue weighted by Crippen LogP contribution is -2.35. The van der Waals surface area contributed by atoms with Crippen molar-refractivity contribution in [1.82, 2.24) is 5.16 Å². The van der Waals surface area contributed by atoms with Crippen molar-refractivity contribution in [3.63, 3.8) is 0 Å². The summed E-state index contributed by atoms with van der Waals surface area (Å²) in [5.74, 6) is -3.52. The van der Waals surface area contributed by atoms with Gasteiger partial charge in [0.25, 0.3) is 0 Å². The zero-order chi connectivity index (χ0) is 16.3. The van der Waals surface area contributed by atoms with Gasteiger partial charge in [-0.1, -0.05) is 35.5 Å². The molecule has 0 fully saturated rings. The molecule has 2 aromatic rings. The van der Waals surface area contributed by atoms with E-state index in [-0.39, 0.29) is 17.2 Å². The number of rotatable bonds is 4. The standard InChI is InChI=1S/C15H14F3NO3/c1-9-13(10(2)22-19-9)21-14(20)12(15(16,17)18)8-11-6-4-3-5-7-11/h3-7,12H,8H2,1-2H3/t12-/m0/s1. The van der Waals surface area contributed by atoms with Gasteiger partial charge in [-0.3, -0.25) is 4.79 Å². The minimum atomic E-state index is -4.70. The van der Waals surface area contributed by atoms with Gasteiger partial charge in [0.2, 0.25) is 0 Å². The van der Waals surface area contributed by atoms with Gasteiger partial charge in [-0.25, -0.2) is 0 Å². The number of hydrogen-bond donors (Lipinski definition) is 0. The van der Waals surface area contributed by atoms with Crippen molar-refractivity contribution in [2.75, 3.05) is 0 Å². The number of aromatic nitrogens is 1. The van der Waals surface area contributed by atoms with E-state index in [1.54, 1.807) is 18.2 Å². The van der Waals surface area contributed by atoms with Crippen molar-refractivity contribution in [3.05, 3.63) is 47.3 Å². The van der Waals surface area contributed by atoms with Gasteiger partial charge in [0.05, 0.1) is 0 Å². The summed E-state index contributed by atoms with van der Waals surface area (Å²) in [7, 11) is 0. The molecule has 1 heterocycles. The van der Waals surface area contributed by atoms with E-state index in [4.69, 9.17) is 9.26 Å². The van der Waals surface area contributed by atoms with E-state index < -0.39 is 24.5 Å². The zero-order valence-electron chi connectivity index (χ0n) is 12.0. The minimum absolute atomic E-state index is 0.0627. The second-order valence-corrected chi connectivity index (χ2v) is 4.86. The molecular weight excluding hydrogens is 299 g/mol. The first-order chi connectivity index (χ1) is 10.3. The molecule has 0 radical (unpaired) electrons. The largest absolute Gasteiger partial charge is 0.420 e. The lowest BCUT2D eigenvalue weighted by atomic mass is 9.99. The molecular formula is C15H14F3NO3. The van der Waals surface area contributed by atoms with Crippen LogP contribution in [-0.2, 0) is 11.2 Å². The summed E-state index contributed by atoms with van der Waals surface area (Å²) < 4.78 is 49.1. The van der Waals surface area contributed by atoms with E-state index in [1.807, 2.05) is 0 Å². The van der Waals surface area contributed by atoms with Crippen molar-refractivity contribution >= 4 is 5.97 Å². The molecule has 1 atom stereocenters. The second-order valence-electron chi connectivity index (χ2n) is 4.86. The highest BCUT2D eigenvalue weighted by atomic mass is 19.4. The fraction of sp³-hybridized carbons (Fsp3) is 0.333. The third kappa shape index (κ3) is 3.66. The Balaban J connectivity index is 2.21. The van der Waals surface area contributed by atoms with Crippen LogP contribution in [0, 0.1) is 19.8 Å². The lowest BCUT2D eigenvalue weighted by Gasteiger charge is -2.18. The van der Waals surface area contributed by atoms with Gasteiger partial charge in [0.15, 0.2) is 17.4 Å². The van der Waals surface area contributed by atoms with Crippen LogP contribution in [0.15, 0.2) is 34.9 Å². The molecule has 0 aliphatic heterocycles. The summed E-state index contributed by atoms with van der Waals surface area (Å²) in [4.78, 5) is 12.0. The van der Waals surface area contributed by atoms with Gasteiger partial charge < -0.3 is 9.26 Å². The maximum atomic E-state index is 13.1. The van der Waals surface area contributed by atoms with Crippen molar-refractivity contribution in [2.45, 2.75) is 26.4 Å². The number of aryl methyl sites for hydroxylation is 2. The van der Waals surface area contributed by atoms with Gasteiger partial charge in [-0.2, -0.15) is 13.2 Å². The molecule has 0 spiro atoms. The number of nitrogens with zero attached hydrogens (tertiary/aromatic N) is 1. The summed E-state index contributed by atoms with van der Waals surface area (Å²) in [6.45, 7) is 2.95. The molecule has 0 saturated heterocycles. The number of ether oxygens (including phenoxy) is 1. The molecule has 2 rings (SSSR count). The Bertz CT molecular complexity index is 630. The molecule has 0 unspecified atom stereocenters. The molecule has 4 nitrogen and oxygen atoms in total. The van der Waals surface area contributed by atoms with Crippen LogP contribution in [0.5, 0.6) is 5.75 Å². The minimum Gasteiger partial charge on any atom is -0.420 e. The molecule has 0 aliphatic rings. The quantitative estimate of drug-likeness (QED) is 0.809. The van der Waals surface area contributed by atoms with Crippen LogP contribution in [0.1, 0.15) is 17.0 Å². The van der Waals surface area contributed by atoms with Gasteiger partial charge in [-0.05, 0) is 18.9 Å². The Morgan fingerprint density at radius 1 is 1.27 bits per heavy atom. The Kier molecular flexibility index (Phi) is 4.54. The van der Waals surface area contributed by atoms with Crippen LogP contribution in [0.2, 0.25) is 0 Å². The van der Waals surface area contributed by atoms with E-state index in [0.717, 1.165) is 0 Å². The van der Waals surface area contributed by atoms with E-state index >= 15 is 0 Å². The monoisotopic (exact) mass is 313 g/mol. The van der Waals surface area contributed by atoms with Crippen LogP contribution in [0.3, 0.4) is 0 Å². The Morgan fingerprint density at radius 2 is 1.91 bits per heavy atom. The highest BCUT2D eigenvalue weighted by Gasteiger charge is 2.46. The number of esters is 1. The number of halogens is 3. The van der Waals surface area contributed by atoms with Crippen LogP contribution < -0.4 is 4.74 Å². The Labute approximate surface area is 124 Å². The maximum absolute atomic E-state index is 13.1. The molecule has 0 saturated carbocycles. The van der Waals surface area contributed by atoms with Crippen molar-refractivity contribution in [1.29, 1.82) is 0 Å². The zero-order valence-corrected chi connectivity index (χ0v) is 12.0. The summed E-state index contributed by atoms with van der Waals surface area (Å²) in [6, 6.07) is 7.98. The third-order valence-corrected chi connectivity index (χ3v) is 3.13. The molecule has 7 heteroatoms. The fourth-order valence-corrected chi connectivity index (χ4v) is 1.97. The molecule has 0 N–H and O–H groups in total. The normalized spacial score (nSPS) is 13.0. The van der Waals surface area contributed by atoms with E-state index in [1.165, 1.54) is 26.0 Å². The smallest absolute Gasteiger partial charge is 0.402 e. The first-order valence-electron chi connectivity index (χ1n) is 6.54. The van der Waals surface area contributed by atoms with Crippen molar-refractivity contribution in [2.24, 2.45) is 5.92 Å². The number of hydrogen-bond acceptors (Lipinski definition) is 4. The Hall–Kier alpha value is -2.31. The van der Waals surface area contributed by atoms with Crippen LogP contribution in [0.4, 0.5) is 13.2 Å². The molecule has 0 aliphatic carbocycles. The van der Waals surface area contributed by atoms with Gasteiger partial charge in [-0.15, -0.1) is 0 Å². The summed E-state index contributed by atoms with van der Waals surface area (Å²) in [6.07, 6.45) is -5.18. The maximum Gasteiger partial charge on any atom is 0.402 e. The molecule has 0 amide bonds. The summed E-state index contributed by atoms with van der Waals surface area (Å²) in [5.41, 5.74) is 0.632. The van der Waals surface area contributed by atoms with Crippen LogP contribution in [0.25, 0.3) is 0 Å². The lowest BCUT2D eigenvalue weighted by molar-refractivity contribution is -0.191. The number of carbonyl (C=O) groups is 1. The van der Waals surface area contributed by atoms with Crippen LogP contribution in [-0.4, -0.2) is 17.3 Å². The van der Waals surface area contributed by atoms with Gasteiger partial charge in [0.1, 0.15) is 5.69 Å². The number of alkyl halides is 3. The highest BCUT2D eigenvalue weighted by molar-refractivity contribution is 5.76. The Morgan fingerprint density at radius 3 is 2.41 bits per heavy atom. The molecule has 22 heavy (non-hydrogen) atoms. The topological polar surface area (TPSA) is 52.3 Å². The average molecular weight is 313 g/mol.